The fourth-order valence-electron chi connectivity index (χ4n) is 1.45. The van der Waals surface area contributed by atoms with Crippen LogP contribution >= 0.6 is 0 Å². The summed E-state index contributed by atoms with van der Waals surface area (Å²) in [4.78, 5) is 0. The van der Waals surface area contributed by atoms with E-state index in [1.165, 1.54) is 0 Å². The van der Waals surface area contributed by atoms with Gasteiger partial charge in [-0.15, -0.1) is 6.58 Å². The molecule has 1 rings (SSSR count). The van der Waals surface area contributed by atoms with Gasteiger partial charge in [0, 0.05) is 6.04 Å². The zero-order valence-corrected chi connectivity index (χ0v) is 10.4. The number of benzene rings is 1. The Balaban J connectivity index is 2.71. The van der Waals surface area contributed by atoms with Gasteiger partial charge in [0.05, 0.1) is 0 Å². The molecule has 0 saturated carbocycles. The van der Waals surface area contributed by atoms with E-state index < -0.39 is 0 Å². The molecule has 88 valence electrons. The number of hydrogen-bond donors (Lipinski definition) is 1. The van der Waals surface area contributed by atoms with Gasteiger partial charge in [-0.25, -0.2) is 0 Å². The van der Waals surface area contributed by atoms with Crippen molar-refractivity contribution in [3.05, 3.63) is 42.5 Å². The van der Waals surface area contributed by atoms with Crippen LogP contribution in [0.3, 0.4) is 0 Å². The minimum absolute atomic E-state index is 0.0289. The highest BCUT2D eigenvalue weighted by Crippen LogP contribution is 2.21. The Labute approximate surface area is 98.1 Å². The summed E-state index contributed by atoms with van der Waals surface area (Å²) in [5.74, 6) is 0.877. The lowest BCUT2D eigenvalue weighted by molar-refractivity contribution is 0.131. The largest absolute Gasteiger partial charge is 0.488 e. The predicted molar refractivity (Wildman–Crippen MR) is 68.6 cm³/mol. The molecule has 0 unspecified atom stereocenters. The highest BCUT2D eigenvalue weighted by atomic mass is 16.5. The van der Waals surface area contributed by atoms with Crippen LogP contribution in [0.25, 0.3) is 0 Å². The lowest BCUT2D eigenvalue weighted by Crippen LogP contribution is -2.22. The van der Waals surface area contributed by atoms with Gasteiger partial charge in [0.25, 0.3) is 0 Å². The second-order valence-electron chi connectivity index (χ2n) is 4.91. The van der Waals surface area contributed by atoms with Crippen LogP contribution in [0.5, 0.6) is 5.75 Å². The fourth-order valence-corrected chi connectivity index (χ4v) is 1.45. The molecule has 0 bridgehead atoms. The first-order chi connectivity index (χ1) is 7.42. The molecule has 0 aliphatic carbocycles. The smallest absolute Gasteiger partial charge is 0.120 e. The van der Waals surface area contributed by atoms with E-state index >= 15 is 0 Å². The number of nitrogens with two attached hydrogens (primary N) is 1. The molecule has 0 saturated heterocycles. The highest BCUT2D eigenvalue weighted by Gasteiger charge is 2.11. The van der Waals surface area contributed by atoms with E-state index in [4.69, 9.17) is 10.5 Å². The van der Waals surface area contributed by atoms with E-state index in [1.807, 2.05) is 51.1 Å². The fraction of sp³-hybridized carbons (Fsp3) is 0.429. The third-order valence-electron chi connectivity index (χ3n) is 2.15. The SMILES string of the molecule is C=CC[C@H](N)c1ccc(OC(C)(C)C)cc1. The zero-order chi connectivity index (χ0) is 12.2. The third kappa shape index (κ3) is 4.07. The zero-order valence-electron chi connectivity index (χ0n) is 10.4. The van der Waals surface area contributed by atoms with Crippen LogP contribution in [0.15, 0.2) is 36.9 Å². The van der Waals surface area contributed by atoms with Gasteiger partial charge in [0.1, 0.15) is 11.4 Å². The normalized spacial score (nSPS) is 13.2. The molecule has 0 radical (unpaired) electrons. The molecule has 0 aromatic heterocycles. The second kappa shape index (κ2) is 5.17. The molecule has 0 fully saturated rings. The van der Waals surface area contributed by atoms with Crippen molar-refractivity contribution in [1.82, 2.24) is 0 Å². The molecule has 0 amide bonds. The Morgan fingerprint density at radius 2 is 1.88 bits per heavy atom. The van der Waals surface area contributed by atoms with E-state index in [0.29, 0.717) is 0 Å². The molecule has 16 heavy (non-hydrogen) atoms. The summed E-state index contributed by atoms with van der Waals surface area (Å²) in [7, 11) is 0. The Hall–Kier alpha value is -1.28. The van der Waals surface area contributed by atoms with Crippen LogP contribution in [0.4, 0.5) is 0 Å². The van der Waals surface area contributed by atoms with Crippen LogP contribution in [0.1, 0.15) is 38.8 Å². The van der Waals surface area contributed by atoms with Gasteiger partial charge in [-0.2, -0.15) is 0 Å². The molecule has 0 aliphatic heterocycles. The van der Waals surface area contributed by atoms with E-state index in [2.05, 4.69) is 6.58 Å². The number of hydrogen-bond acceptors (Lipinski definition) is 2. The van der Waals surface area contributed by atoms with E-state index in [-0.39, 0.29) is 11.6 Å². The summed E-state index contributed by atoms with van der Waals surface area (Å²) in [6.07, 6.45) is 2.63. The lowest BCUT2D eigenvalue weighted by atomic mass is 10.0. The van der Waals surface area contributed by atoms with E-state index in [0.717, 1.165) is 17.7 Å². The van der Waals surface area contributed by atoms with Crippen molar-refractivity contribution in [1.29, 1.82) is 0 Å². The Morgan fingerprint density at radius 3 is 2.31 bits per heavy atom. The van der Waals surface area contributed by atoms with Crippen molar-refractivity contribution in [2.24, 2.45) is 5.73 Å². The van der Waals surface area contributed by atoms with Gasteiger partial charge in [-0.1, -0.05) is 18.2 Å². The molecule has 0 heterocycles. The quantitative estimate of drug-likeness (QED) is 0.787. The Morgan fingerprint density at radius 1 is 1.31 bits per heavy atom. The monoisotopic (exact) mass is 219 g/mol. The van der Waals surface area contributed by atoms with Crippen molar-refractivity contribution in [2.45, 2.75) is 38.8 Å². The average molecular weight is 219 g/mol. The molecule has 0 aliphatic rings. The maximum Gasteiger partial charge on any atom is 0.120 e. The Kier molecular flexibility index (Phi) is 4.13. The molecule has 2 heteroatoms. The first-order valence-corrected chi connectivity index (χ1v) is 5.58. The third-order valence-corrected chi connectivity index (χ3v) is 2.15. The van der Waals surface area contributed by atoms with Crippen molar-refractivity contribution < 1.29 is 4.74 Å². The van der Waals surface area contributed by atoms with Crippen LogP contribution in [0, 0.1) is 0 Å². The first kappa shape index (κ1) is 12.8. The molecular formula is C14H21NO. The van der Waals surface area contributed by atoms with Gasteiger partial charge >= 0.3 is 0 Å². The number of ether oxygens (including phenoxy) is 1. The molecule has 2 nitrogen and oxygen atoms in total. The second-order valence-corrected chi connectivity index (χ2v) is 4.91. The van der Waals surface area contributed by atoms with Crippen LogP contribution < -0.4 is 10.5 Å². The van der Waals surface area contributed by atoms with Gasteiger partial charge in [-0.05, 0) is 44.9 Å². The summed E-state index contributed by atoms with van der Waals surface area (Å²) in [5, 5.41) is 0. The average Bonchev–Trinajstić information content (AvgIpc) is 2.16. The summed E-state index contributed by atoms with van der Waals surface area (Å²) in [6, 6.07) is 7.97. The number of rotatable bonds is 4. The predicted octanol–water partition coefficient (Wildman–Crippen LogP) is 3.44. The van der Waals surface area contributed by atoms with E-state index in [1.54, 1.807) is 0 Å². The highest BCUT2D eigenvalue weighted by molar-refractivity contribution is 5.29. The van der Waals surface area contributed by atoms with Crippen LogP contribution in [0.2, 0.25) is 0 Å². The molecular weight excluding hydrogens is 198 g/mol. The summed E-state index contributed by atoms with van der Waals surface area (Å²) < 4.78 is 5.74. The molecule has 2 N–H and O–H groups in total. The van der Waals surface area contributed by atoms with E-state index in [9.17, 15) is 0 Å². The minimum atomic E-state index is -0.162. The topological polar surface area (TPSA) is 35.2 Å². The molecule has 0 spiro atoms. The van der Waals surface area contributed by atoms with Crippen molar-refractivity contribution in [3.8, 4) is 5.75 Å². The van der Waals surface area contributed by atoms with Crippen molar-refractivity contribution >= 4 is 0 Å². The molecule has 1 aromatic rings. The Bertz CT molecular complexity index is 335. The summed E-state index contributed by atoms with van der Waals surface area (Å²) in [6.45, 7) is 9.78. The van der Waals surface area contributed by atoms with Crippen LogP contribution in [-0.2, 0) is 0 Å². The molecule has 1 aromatic carbocycles. The van der Waals surface area contributed by atoms with Gasteiger partial charge in [-0.3, -0.25) is 0 Å². The first-order valence-electron chi connectivity index (χ1n) is 5.58. The van der Waals surface area contributed by atoms with Gasteiger partial charge in [0.15, 0.2) is 0 Å². The summed E-state index contributed by atoms with van der Waals surface area (Å²) in [5.41, 5.74) is 6.92. The standard InChI is InChI=1S/C14H21NO/c1-5-6-13(15)11-7-9-12(10-8-11)16-14(2,3)4/h5,7-10,13H,1,6,15H2,2-4H3/t13-/m0/s1. The molecule has 1 atom stereocenters. The van der Waals surface area contributed by atoms with Crippen molar-refractivity contribution in [2.75, 3.05) is 0 Å². The van der Waals surface area contributed by atoms with Gasteiger partial charge in [0.2, 0.25) is 0 Å². The van der Waals surface area contributed by atoms with Crippen molar-refractivity contribution in [3.63, 3.8) is 0 Å². The van der Waals surface area contributed by atoms with Gasteiger partial charge < -0.3 is 10.5 Å². The maximum atomic E-state index is 5.97. The maximum absolute atomic E-state index is 5.97. The lowest BCUT2D eigenvalue weighted by Gasteiger charge is -2.21. The minimum Gasteiger partial charge on any atom is -0.488 e. The summed E-state index contributed by atoms with van der Waals surface area (Å²) >= 11 is 0. The van der Waals surface area contributed by atoms with Crippen LogP contribution in [-0.4, -0.2) is 5.60 Å².